The van der Waals surface area contributed by atoms with Gasteiger partial charge in [-0.05, 0) is 29.8 Å². The normalized spacial score (nSPS) is 11.1. The molecule has 0 unspecified atom stereocenters. The maximum Gasteiger partial charge on any atom is 0.156 e. The molecule has 2 heterocycles. The van der Waals surface area contributed by atoms with Gasteiger partial charge in [0, 0.05) is 5.69 Å². The molecular weight excluding hydrogens is 253 g/mol. The van der Waals surface area contributed by atoms with E-state index in [2.05, 4.69) is 30.9 Å². The summed E-state index contributed by atoms with van der Waals surface area (Å²) >= 11 is 9.38. The Labute approximate surface area is 88.7 Å². The van der Waals surface area contributed by atoms with Gasteiger partial charge in [-0.25, -0.2) is 9.97 Å². The molecule has 0 aromatic carbocycles. The van der Waals surface area contributed by atoms with Crippen LogP contribution in [-0.4, -0.2) is 15.0 Å². The molecule has 0 aliphatic rings. The van der Waals surface area contributed by atoms with Gasteiger partial charge in [-0.2, -0.15) is 0 Å². The number of hydrogen-bond donors (Lipinski definition) is 1. The van der Waals surface area contributed by atoms with Crippen molar-refractivity contribution < 1.29 is 0 Å². The van der Waals surface area contributed by atoms with E-state index in [9.17, 15) is 0 Å². The number of nitrogens with zero attached hydrogens (tertiary/aromatic N) is 2. The van der Waals surface area contributed by atoms with Crippen LogP contribution < -0.4 is 0 Å². The number of rotatable bonds is 0. The maximum absolute atomic E-state index is 5.94. The van der Waals surface area contributed by atoms with Crippen LogP contribution in [0.2, 0.25) is 5.15 Å². The number of hydrogen-bond acceptors (Lipinski definition) is 2. The molecule has 68 valence electrons. The van der Waals surface area contributed by atoms with Gasteiger partial charge in [-0.3, -0.25) is 0 Å². The van der Waals surface area contributed by atoms with Gasteiger partial charge in [0.1, 0.15) is 16.9 Å². The summed E-state index contributed by atoms with van der Waals surface area (Å²) in [6.45, 7) is 3.78. The van der Waals surface area contributed by atoms with Crippen molar-refractivity contribution in [3.05, 3.63) is 21.1 Å². The molecule has 2 aromatic rings. The topological polar surface area (TPSA) is 41.6 Å². The van der Waals surface area contributed by atoms with Gasteiger partial charge in [0.2, 0.25) is 0 Å². The second kappa shape index (κ2) is 2.96. The molecule has 0 atom stereocenters. The monoisotopic (exact) mass is 259 g/mol. The van der Waals surface area contributed by atoms with E-state index in [1.54, 1.807) is 0 Å². The molecule has 2 aromatic heterocycles. The molecular formula is C8H7BrClN3. The quantitative estimate of drug-likeness (QED) is 0.740. The van der Waals surface area contributed by atoms with Crippen LogP contribution in [0.1, 0.15) is 11.5 Å². The van der Waals surface area contributed by atoms with Crippen LogP contribution in [0.4, 0.5) is 0 Å². The van der Waals surface area contributed by atoms with Crippen molar-refractivity contribution >= 4 is 38.6 Å². The molecule has 1 N–H and O–H groups in total. The van der Waals surface area contributed by atoms with Crippen LogP contribution in [0.3, 0.4) is 0 Å². The zero-order chi connectivity index (χ0) is 9.59. The predicted molar refractivity (Wildman–Crippen MR) is 56.1 cm³/mol. The lowest BCUT2D eigenvalue weighted by Gasteiger charge is -1.94. The van der Waals surface area contributed by atoms with Gasteiger partial charge < -0.3 is 4.98 Å². The summed E-state index contributed by atoms with van der Waals surface area (Å²) < 4.78 is 0.954. The number of aryl methyl sites for hydroxylation is 2. The molecule has 0 spiro atoms. The molecule has 2 rings (SSSR count). The van der Waals surface area contributed by atoms with Gasteiger partial charge in [0.05, 0.1) is 4.47 Å². The molecule has 0 saturated heterocycles. The lowest BCUT2D eigenvalue weighted by Crippen LogP contribution is -1.88. The third-order valence-electron chi connectivity index (χ3n) is 1.83. The van der Waals surface area contributed by atoms with E-state index in [1.165, 1.54) is 0 Å². The van der Waals surface area contributed by atoms with Gasteiger partial charge in [-0.1, -0.05) is 11.6 Å². The van der Waals surface area contributed by atoms with E-state index in [-0.39, 0.29) is 0 Å². The Bertz CT molecular complexity index is 478. The summed E-state index contributed by atoms with van der Waals surface area (Å²) in [7, 11) is 0. The van der Waals surface area contributed by atoms with Crippen LogP contribution in [-0.2, 0) is 0 Å². The summed E-state index contributed by atoms with van der Waals surface area (Å²) in [4.78, 5) is 11.5. The van der Waals surface area contributed by atoms with Crippen LogP contribution in [0.5, 0.6) is 0 Å². The fourth-order valence-corrected chi connectivity index (χ4v) is 1.87. The number of halogens is 2. The van der Waals surface area contributed by atoms with Gasteiger partial charge >= 0.3 is 0 Å². The fraction of sp³-hybridized carbons (Fsp3) is 0.250. The van der Waals surface area contributed by atoms with E-state index < -0.39 is 0 Å². The SMILES string of the molecule is Cc1nc(Cl)c2[nH]c(C)c(Br)c2n1. The Morgan fingerprint density at radius 1 is 1.31 bits per heavy atom. The Hall–Kier alpha value is -0.610. The van der Waals surface area contributed by atoms with E-state index in [0.717, 1.165) is 21.2 Å². The minimum absolute atomic E-state index is 0.469. The molecule has 0 saturated carbocycles. The molecule has 0 bridgehead atoms. The summed E-state index contributed by atoms with van der Waals surface area (Å²) in [5, 5.41) is 0.469. The van der Waals surface area contributed by atoms with E-state index >= 15 is 0 Å². The van der Waals surface area contributed by atoms with Crippen molar-refractivity contribution in [2.45, 2.75) is 13.8 Å². The molecule has 0 radical (unpaired) electrons. The molecule has 13 heavy (non-hydrogen) atoms. The Morgan fingerprint density at radius 2 is 2.00 bits per heavy atom. The molecule has 0 fully saturated rings. The van der Waals surface area contributed by atoms with Crippen molar-refractivity contribution in [2.24, 2.45) is 0 Å². The summed E-state index contributed by atoms with van der Waals surface area (Å²) in [6.07, 6.45) is 0. The van der Waals surface area contributed by atoms with E-state index in [4.69, 9.17) is 11.6 Å². The summed E-state index contributed by atoms with van der Waals surface area (Å²) in [6, 6.07) is 0. The standard InChI is InChI=1S/C8H7BrClN3/c1-3-5(9)6-7(11-3)8(10)13-4(2)12-6/h11H,1-2H3. The largest absolute Gasteiger partial charge is 0.354 e. The predicted octanol–water partition coefficient (Wildman–Crippen LogP) is 2.99. The first-order chi connectivity index (χ1) is 6.09. The zero-order valence-corrected chi connectivity index (χ0v) is 9.49. The first-order valence-electron chi connectivity index (χ1n) is 3.77. The highest BCUT2D eigenvalue weighted by atomic mass is 79.9. The van der Waals surface area contributed by atoms with Crippen LogP contribution in [0.25, 0.3) is 11.0 Å². The summed E-state index contributed by atoms with van der Waals surface area (Å²) in [5.41, 5.74) is 2.64. The Kier molecular flexibility index (Phi) is 2.04. The van der Waals surface area contributed by atoms with Crippen LogP contribution in [0.15, 0.2) is 4.47 Å². The van der Waals surface area contributed by atoms with Crippen LogP contribution in [0, 0.1) is 13.8 Å². The Balaban J connectivity index is 2.94. The van der Waals surface area contributed by atoms with Crippen molar-refractivity contribution in [3.8, 4) is 0 Å². The van der Waals surface area contributed by atoms with Crippen molar-refractivity contribution in [3.63, 3.8) is 0 Å². The third kappa shape index (κ3) is 1.34. The second-order valence-electron chi connectivity index (χ2n) is 2.85. The Morgan fingerprint density at radius 3 is 2.69 bits per heavy atom. The maximum atomic E-state index is 5.94. The van der Waals surface area contributed by atoms with E-state index in [0.29, 0.717) is 11.0 Å². The average Bonchev–Trinajstić information content (AvgIpc) is 2.32. The highest BCUT2D eigenvalue weighted by Gasteiger charge is 2.11. The molecule has 5 heteroatoms. The van der Waals surface area contributed by atoms with Gasteiger partial charge in [0.15, 0.2) is 5.15 Å². The van der Waals surface area contributed by atoms with E-state index in [1.807, 2.05) is 13.8 Å². The smallest absolute Gasteiger partial charge is 0.156 e. The lowest BCUT2D eigenvalue weighted by molar-refractivity contribution is 1.09. The molecule has 0 aliphatic heterocycles. The zero-order valence-electron chi connectivity index (χ0n) is 7.15. The minimum atomic E-state index is 0.469. The molecule has 0 aliphatic carbocycles. The van der Waals surface area contributed by atoms with Gasteiger partial charge in [0.25, 0.3) is 0 Å². The minimum Gasteiger partial charge on any atom is -0.354 e. The number of aromatic nitrogens is 3. The average molecular weight is 261 g/mol. The highest BCUT2D eigenvalue weighted by molar-refractivity contribution is 9.10. The number of fused-ring (bicyclic) bond motifs is 1. The first-order valence-corrected chi connectivity index (χ1v) is 4.94. The third-order valence-corrected chi connectivity index (χ3v) is 3.07. The number of H-pyrrole nitrogens is 1. The number of aromatic amines is 1. The number of nitrogens with one attached hydrogen (secondary N) is 1. The highest BCUT2D eigenvalue weighted by Crippen LogP contribution is 2.28. The second-order valence-corrected chi connectivity index (χ2v) is 4.00. The van der Waals surface area contributed by atoms with Crippen molar-refractivity contribution in [1.82, 2.24) is 15.0 Å². The fourth-order valence-electron chi connectivity index (χ4n) is 1.23. The van der Waals surface area contributed by atoms with Gasteiger partial charge in [-0.15, -0.1) is 0 Å². The van der Waals surface area contributed by atoms with Crippen molar-refractivity contribution in [2.75, 3.05) is 0 Å². The van der Waals surface area contributed by atoms with Crippen LogP contribution >= 0.6 is 27.5 Å². The van der Waals surface area contributed by atoms with Crippen molar-refractivity contribution in [1.29, 1.82) is 0 Å². The first kappa shape index (κ1) is 8.97. The lowest BCUT2D eigenvalue weighted by atomic mass is 10.4. The summed E-state index contributed by atoms with van der Waals surface area (Å²) in [5.74, 6) is 0.678. The molecule has 0 amide bonds. The molecule has 3 nitrogen and oxygen atoms in total.